The smallest absolute Gasteiger partial charge is 0.405 e. The minimum atomic E-state index is -2.72. The zero-order valence-electron chi connectivity index (χ0n) is 15.5. The Labute approximate surface area is 155 Å². The Morgan fingerprint density at radius 2 is 1.50 bits per heavy atom. The molecule has 0 aliphatic rings. The highest BCUT2D eigenvalue weighted by Gasteiger charge is 2.50. The van der Waals surface area contributed by atoms with Gasteiger partial charge in [0.25, 0.3) is 8.32 Å². The maximum Gasteiger partial charge on any atom is 0.405 e. The normalized spacial score (nSPS) is 13.2. The fourth-order valence-corrected chi connectivity index (χ4v) is 7.91. The molecule has 0 radical (unpaired) electrons. The summed E-state index contributed by atoms with van der Waals surface area (Å²) in [5.74, 6) is 0. The van der Waals surface area contributed by atoms with Crippen LogP contribution in [-0.2, 0) is 4.43 Å². The number of hydrogen-bond donors (Lipinski definition) is 3. The van der Waals surface area contributed by atoms with Crippen LogP contribution >= 0.6 is 0 Å². The third-order valence-corrected chi connectivity index (χ3v) is 9.47. The first-order valence-corrected chi connectivity index (χ1v) is 10.6. The Balaban J connectivity index is 2.52. The van der Waals surface area contributed by atoms with Crippen LogP contribution in [0.25, 0.3) is 0 Å². The van der Waals surface area contributed by atoms with Crippen LogP contribution in [0.3, 0.4) is 0 Å². The molecule has 0 fully saturated rings. The van der Waals surface area contributed by atoms with Crippen LogP contribution in [0.5, 0.6) is 0 Å². The van der Waals surface area contributed by atoms with Crippen LogP contribution in [-0.4, -0.2) is 43.9 Å². The highest BCUT2D eigenvalue weighted by atomic mass is 28.4. The van der Waals surface area contributed by atoms with Crippen molar-refractivity contribution in [1.29, 1.82) is 0 Å². The van der Waals surface area contributed by atoms with Gasteiger partial charge in [0, 0.05) is 0 Å². The number of carbonyl (C=O) groups is 1. The molecule has 5 nitrogen and oxygen atoms in total. The molecule has 2 rings (SSSR count). The number of aliphatic hydroxyl groups excluding tert-OH is 1. The van der Waals surface area contributed by atoms with E-state index >= 15 is 0 Å². The standard InChI is InChI=1S/C20H27NO4Si/c1-20(2,3)26(17-10-6-4-7-11-17,18-12-8-5-9-13-18)25-15-16(14-22)21-19(23)24/h4-13,16,21-22H,14-15H2,1-3H3,(H,23,24). The van der Waals surface area contributed by atoms with Crippen molar-refractivity contribution in [2.24, 2.45) is 0 Å². The Kier molecular flexibility index (Phi) is 6.58. The second kappa shape index (κ2) is 8.49. The maximum atomic E-state index is 11.0. The molecule has 0 bridgehead atoms. The van der Waals surface area contributed by atoms with Gasteiger partial charge >= 0.3 is 6.09 Å². The molecule has 1 atom stereocenters. The summed E-state index contributed by atoms with van der Waals surface area (Å²) in [6.45, 7) is 6.24. The topological polar surface area (TPSA) is 78.8 Å². The number of carboxylic acid groups (broad SMARTS) is 1. The molecule has 0 aromatic heterocycles. The number of rotatable bonds is 7. The van der Waals surface area contributed by atoms with Gasteiger partial charge < -0.3 is 20.0 Å². The quantitative estimate of drug-likeness (QED) is 0.650. The molecule has 2 aromatic carbocycles. The van der Waals surface area contributed by atoms with Gasteiger partial charge in [-0.25, -0.2) is 4.79 Å². The van der Waals surface area contributed by atoms with Crippen molar-refractivity contribution in [1.82, 2.24) is 5.32 Å². The van der Waals surface area contributed by atoms with Gasteiger partial charge in [-0.05, 0) is 15.4 Å². The van der Waals surface area contributed by atoms with E-state index in [2.05, 4.69) is 50.4 Å². The zero-order chi connectivity index (χ0) is 19.2. The van der Waals surface area contributed by atoms with E-state index in [-0.39, 0.29) is 18.3 Å². The van der Waals surface area contributed by atoms with Crippen molar-refractivity contribution in [3.8, 4) is 0 Å². The van der Waals surface area contributed by atoms with Crippen molar-refractivity contribution in [3.63, 3.8) is 0 Å². The SMILES string of the molecule is CC(C)(C)[Si](OCC(CO)NC(=O)O)(c1ccccc1)c1ccccc1. The molecule has 1 unspecified atom stereocenters. The van der Waals surface area contributed by atoms with E-state index in [1.54, 1.807) is 0 Å². The van der Waals surface area contributed by atoms with Gasteiger partial charge in [0.05, 0.1) is 19.3 Å². The number of nitrogens with one attached hydrogen (secondary N) is 1. The molecule has 0 aliphatic carbocycles. The average Bonchev–Trinajstić information content (AvgIpc) is 2.61. The fourth-order valence-electron chi connectivity index (χ4n) is 3.30. The summed E-state index contributed by atoms with van der Waals surface area (Å²) in [4.78, 5) is 11.0. The second-order valence-corrected chi connectivity index (χ2v) is 11.6. The summed E-state index contributed by atoms with van der Waals surface area (Å²) < 4.78 is 6.57. The van der Waals surface area contributed by atoms with Gasteiger partial charge in [0.15, 0.2) is 0 Å². The molecular formula is C20H27NO4Si. The summed E-state index contributed by atoms with van der Waals surface area (Å²) in [5, 5.41) is 22.9. The highest BCUT2D eigenvalue weighted by Crippen LogP contribution is 2.36. The van der Waals surface area contributed by atoms with Crippen molar-refractivity contribution >= 4 is 24.8 Å². The first kappa shape index (κ1) is 20.2. The second-order valence-electron chi connectivity index (χ2n) is 7.30. The van der Waals surface area contributed by atoms with Crippen molar-refractivity contribution in [3.05, 3.63) is 60.7 Å². The summed E-state index contributed by atoms with van der Waals surface area (Å²) >= 11 is 0. The highest BCUT2D eigenvalue weighted by molar-refractivity contribution is 6.99. The van der Waals surface area contributed by atoms with Gasteiger partial charge in [-0.1, -0.05) is 81.4 Å². The first-order chi connectivity index (χ1) is 12.3. The lowest BCUT2D eigenvalue weighted by molar-refractivity contribution is 0.153. The van der Waals surface area contributed by atoms with Gasteiger partial charge in [0.1, 0.15) is 0 Å². The van der Waals surface area contributed by atoms with Gasteiger partial charge in [-0.15, -0.1) is 0 Å². The number of benzene rings is 2. The Morgan fingerprint density at radius 3 is 1.85 bits per heavy atom. The molecule has 1 amide bonds. The molecule has 3 N–H and O–H groups in total. The molecule has 0 aliphatic heterocycles. The van der Waals surface area contributed by atoms with Crippen LogP contribution in [0.2, 0.25) is 5.04 Å². The van der Waals surface area contributed by atoms with E-state index in [0.717, 1.165) is 10.4 Å². The average molecular weight is 374 g/mol. The summed E-state index contributed by atoms with van der Waals surface area (Å²) in [7, 11) is -2.72. The van der Waals surface area contributed by atoms with Gasteiger partial charge in [-0.3, -0.25) is 0 Å². The first-order valence-electron chi connectivity index (χ1n) is 8.66. The predicted octanol–water partition coefficient (Wildman–Crippen LogP) is 2.19. The summed E-state index contributed by atoms with van der Waals surface area (Å²) in [6, 6.07) is 19.5. The Bertz CT molecular complexity index is 661. The Morgan fingerprint density at radius 1 is 1.04 bits per heavy atom. The van der Waals surface area contributed by atoms with E-state index in [9.17, 15) is 9.90 Å². The largest absolute Gasteiger partial charge is 0.465 e. The Hall–Kier alpha value is -2.15. The monoisotopic (exact) mass is 373 g/mol. The molecule has 0 spiro atoms. The zero-order valence-corrected chi connectivity index (χ0v) is 16.5. The van der Waals surface area contributed by atoms with Crippen LogP contribution in [0.15, 0.2) is 60.7 Å². The third kappa shape index (κ3) is 4.33. The maximum absolute atomic E-state index is 11.0. The minimum Gasteiger partial charge on any atom is -0.465 e. The van der Waals surface area contributed by atoms with E-state index in [4.69, 9.17) is 9.53 Å². The van der Waals surface area contributed by atoms with Crippen LogP contribution in [0.4, 0.5) is 4.79 Å². The molecule has 140 valence electrons. The molecular weight excluding hydrogens is 346 g/mol. The summed E-state index contributed by atoms with van der Waals surface area (Å²) in [6.07, 6.45) is -1.17. The number of aliphatic hydroxyl groups is 1. The van der Waals surface area contributed by atoms with Crippen LogP contribution in [0.1, 0.15) is 20.8 Å². The van der Waals surface area contributed by atoms with Crippen molar-refractivity contribution in [2.75, 3.05) is 13.2 Å². The summed E-state index contributed by atoms with van der Waals surface area (Å²) in [5.41, 5.74) is 0. The molecule has 0 saturated carbocycles. The lowest BCUT2D eigenvalue weighted by atomic mass is 10.2. The van der Waals surface area contributed by atoms with Crippen molar-refractivity contribution < 1.29 is 19.4 Å². The lowest BCUT2D eigenvalue weighted by Crippen LogP contribution is -2.67. The van der Waals surface area contributed by atoms with Gasteiger partial charge in [-0.2, -0.15) is 0 Å². The van der Waals surface area contributed by atoms with Crippen LogP contribution < -0.4 is 15.7 Å². The fraction of sp³-hybridized carbons (Fsp3) is 0.350. The van der Waals surface area contributed by atoms with Crippen LogP contribution in [0, 0.1) is 0 Å². The predicted molar refractivity (Wildman–Crippen MR) is 106 cm³/mol. The van der Waals surface area contributed by atoms with E-state index < -0.39 is 20.5 Å². The lowest BCUT2D eigenvalue weighted by Gasteiger charge is -2.43. The van der Waals surface area contributed by atoms with E-state index in [1.165, 1.54) is 0 Å². The molecule has 0 heterocycles. The molecule has 6 heteroatoms. The number of amides is 1. The molecule has 2 aromatic rings. The van der Waals surface area contributed by atoms with E-state index in [1.807, 2.05) is 36.4 Å². The molecule has 26 heavy (non-hydrogen) atoms. The third-order valence-electron chi connectivity index (χ3n) is 4.47. The van der Waals surface area contributed by atoms with Gasteiger partial charge in [0.2, 0.25) is 0 Å². The van der Waals surface area contributed by atoms with Crippen molar-refractivity contribution in [2.45, 2.75) is 31.9 Å². The molecule has 0 saturated heterocycles. The van der Waals surface area contributed by atoms with E-state index in [0.29, 0.717) is 0 Å². The number of hydrogen-bond acceptors (Lipinski definition) is 3. The minimum absolute atomic E-state index is 0.107.